The monoisotopic (exact) mass is 310 g/mol. The second-order valence-electron chi connectivity index (χ2n) is 6.16. The first-order chi connectivity index (χ1) is 9.75. The Balaban J connectivity index is 2.35. The van der Waals surface area contributed by atoms with Gasteiger partial charge in [-0.1, -0.05) is 0 Å². The van der Waals surface area contributed by atoms with Gasteiger partial charge in [0.15, 0.2) is 0 Å². The Morgan fingerprint density at radius 3 is 2.00 bits per heavy atom. The third-order valence-corrected chi connectivity index (χ3v) is 6.62. The van der Waals surface area contributed by atoms with Crippen molar-refractivity contribution in [3.63, 3.8) is 0 Å². The molecule has 0 bridgehead atoms. The van der Waals surface area contributed by atoms with E-state index < -0.39 is 10.0 Å². The smallest absolute Gasteiger partial charge is 0.241 e. The predicted molar refractivity (Wildman–Crippen MR) is 86.3 cm³/mol. The van der Waals surface area contributed by atoms with Crippen molar-refractivity contribution in [2.24, 2.45) is 5.92 Å². The Morgan fingerprint density at radius 2 is 1.52 bits per heavy atom. The number of rotatable bonds is 4. The molecule has 21 heavy (non-hydrogen) atoms. The van der Waals surface area contributed by atoms with Crippen molar-refractivity contribution in [1.29, 1.82) is 0 Å². The van der Waals surface area contributed by atoms with Crippen molar-refractivity contribution in [3.8, 4) is 0 Å². The molecule has 2 rings (SSSR count). The lowest BCUT2D eigenvalue weighted by molar-refractivity contribution is 0.538. The van der Waals surface area contributed by atoms with Gasteiger partial charge in [0, 0.05) is 6.54 Å². The van der Waals surface area contributed by atoms with Crippen LogP contribution in [0.4, 0.5) is 0 Å². The SMILES string of the molecule is Cc1c(C)c(C)c(S(=O)(=O)NCC2CCNC2)c(C)c1C. The fourth-order valence-electron chi connectivity index (χ4n) is 3.06. The van der Waals surface area contributed by atoms with E-state index in [-0.39, 0.29) is 0 Å². The molecule has 0 amide bonds. The van der Waals surface area contributed by atoms with E-state index in [1.54, 1.807) is 0 Å². The molecule has 0 aromatic heterocycles. The quantitative estimate of drug-likeness (QED) is 0.895. The summed E-state index contributed by atoms with van der Waals surface area (Å²) in [5.74, 6) is 0.396. The number of sulfonamides is 1. The summed E-state index contributed by atoms with van der Waals surface area (Å²) in [5, 5.41) is 3.26. The van der Waals surface area contributed by atoms with Crippen LogP contribution in [0, 0.1) is 40.5 Å². The highest BCUT2D eigenvalue weighted by atomic mass is 32.2. The maximum absolute atomic E-state index is 12.7. The standard InChI is InChI=1S/C16H26N2O2S/c1-10-11(2)13(4)16(14(5)12(10)3)21(19,20)18-9-15-6-7-17-8-15/h15,17-18H,6-9H2,1-5H3. The maximum Gasteiger partial charge on any atom is 0.241 e. The molecule has 1 aliphatic heterocycles. The van der Waals surface area contributed by atoms with E-state index in [2.05, 4.69) is 17.0 Å². The molecule has 4 nitrogen and oxygen atoms in total. The van der Waals surface area contributed by atoms with Gasteiger partial charge < -0.3 is 5.32 Å². The lowest BCUT2D eigenvalue weighted by atomic mass is 9.95. The van der Waals surface area contributed by atoms with Gasteiger partial charge >= 0.3 is 0 Å². The topological polar surface area (TPSA) is 58.2 Å². The normalized spacial score (nSPS) is 19.2. The molecular weight excluding hydrogens is 284 g/mol. The summed E-state index contributed by atoms with van der Waals surface area (Å²) in [6.07, 6.45) is 1.03. The van der Waals surface area contributed by atoms with Gasteiger partial charge in [-0.05, 0) is 87.9 Å². The van der Waals surface area contributed by atoms with E-state index in [9.17, 15) is 8.42 Å². The summed E-state index contributed by atoms with van der Waals surface area (Å²) in [5.41, 5.74) is 5.06. The Bertz CT molecular complexity index is 616. The van der Waals surface area contributed by atoms with Crippen LogP contribution in [0.1, 0.15) is 34.2 Å². The first kappa shape index (κ1) is 16.5. The molecule has 1 aromatic rings. The second-order valence-corrected chi connectivity index (χ2v) is 7.87. The van der Waals surface area contributed by atoms with Crippen LogP contribution >= 0.6 is 0 Å². The van der Waals surface area contributed by atoms with Crippen LogP contribution in [0.5, 0.6) is 0 Å². The Hall–Kier alpha value is -0.910. The highest BCUT2D eigenvalue weighted by Gasteiger charge is 2.25. The first-order valence-electron chi connectivity index (χ1n) is 7.53. The Labute approximate surface area is 128 Å². The van der Waals surface area contributed by atoms with Gasteiger partial charge in [-0.15, -0.1) is 0 Å². The molecule has 5 heteroatoms. The zero-order valence-electron chi connectivity index (χ0n) is 13.6. The molecule has 118 valence electrons. The van der Waals surface area contributed by atoms with Crippen LogP contribution in [0.2, 0.25) is 0 Å². The van der Waals surface area contributed by atoms with Gasteiger partial charge in [-0.3, -0.25) is 0 Å². The Morgan fingerprint density at radius 1 is 1.00 bits per heavy atom. The van der Waals surface area contributed by atoms with E-state index in [4.69, 9.17) is 0 Å². The number of nitrogens with one attached hydrogen (secondary N) is 2. The van der Waals surface area contributed by atoms with E-state index in [1.807, 2.05) is 27.7 Å². The minimum absolute atomic E-state index is 0.396. The molecule has 2 N–H and O–H groups in total. The van der Waals surface area contributed by atoms with Gasteiger partial charge in [-0.25, -0.2) is 13.1 Å². The van der Waals surface area contributed by atoms with E-state index in [0.717, 1.165) is 41.8 Å². The molecule has 0 saturated carbocycles. The van der Waals surface area contributed by atoms with Crippen LogP contribution in [0.3, 0.4) is 0 Å². The fourth-order valence-corrected chi connectivity index (χ4v) is 4.77. The summed E-state index contributed by atoms with van der Waals surface area (Å²) in [7, 11) is -3.45. The second kappa shape index (κ2) is 6.07. The van der Waals surface area contributed by atoms with Crippen molar-refractivity contribution < 1.29 is 8.42 Å². The highest BCUT2D eigenvalue weighted by Crippen LogP contribution is 2.29. The van der Waals surface area contributed by atoms with Crippen molar-refractivity contribution in [1.82, 2.24) is 10.0 Å². The van der Waals surface area contributed by atoms with Crippen LogP contribution in [0.25, 0.3) is 0 Å². The van der Waals surface area contributed by atoms with Gasteiger partial charge in [0.1, 0.15) is 0 Å². The molecule has 1 aromatic carbocycles. The zero-order valence-corrected chi connectivity index (χ0v) is 14.4. The van der Waals surface area contributed by atoms with Crippen LogP contribution in [-0.4, -0.2) is 28.1 Å². The molecule has 0 radical (unpaired) electrons. The van der Waals surface area contributed by atoms with Crippen molar-refractivity contribution >= 4 is 10.0 Å². The number of hydrogen-bond donors (Lipinski definition) is 2. The number of benzene rings is 1. The average Bonchev–Trinajstić information content (AvgIpc) is 2.94. The third kappa shape index (κ3) is 3.15. The van der Waals surface area contributed by atoms with Crippen molar-refractivity contribution in [2.45, 2.75) is 45.9 Å². The fraction of sp³-hybridized carbons (Fsp3) is 0.625. The van der Waals surface area contributed by atoms with Gasteiger partial charge in [-0.2, -0.15) is 0 Å². The summed E-state index contributed by atoms with van der Waals surface area (Å²) in [6, 6.07) is 0. The first-order valence-corrected chi connectivity index (χ1v) is 9.01. The lowest BCUT2D eigenvalue weighted by Crippen LogP contribution is -2.31. The molecule has 0 spiro atoms. The summed E-state index contributed by atoms with van der Waals surface area (Å²) < 4.78 is 28.2. The highest BCUT2D eigenvalue weighted by molar-refractivity contribution is 7.89. The van der Waals surface area contributed by atoms with E-state index in [1.165, 1.54) is 5.56 Å². The minimum Gasteiger partial charge on any atom is -0.316 e. The third-order valence-electron chi connectivity index (χ3n) is 4.92. The minimum atomic E-state index is -3.45. The zero-order chi connectivity index (χ0) is 15.8. The molecule has 1 aliphatic rings. The molecule has 1 saturated heterocycles. The van der Waals surface area contributed by atoms with Gasteiger partial charge in [0.2, 0.25) is 10.0 Å². The van der Waals surface area contributed by atoms with Crippen molar-refractivity contribution in [3.05, 3.63) is 27.8 Å². The maximum atomic E-state index is 12.7. The van der Waals surface area contributed by atoms with E-state index >= 15 is 0 Å². The summed E-state index contributed by atoms with van der Waals surface area (Å²) in [4.78, 5) is 0.467. The molecule has 1 unspecified atom stereocenters. The van der Waals surface area contributed by atoms with Crippen LogP contribution in [0.15, 0.2) is 4.90 Å². The summed E-state index contributed by atoms with van der Waals surface area (Å²) >= 11 is 0. The van der Waals surface area contributed by atoms with E-state index in [0.29, 0.717) is 17.4 Å². The van der Waals surface area contributed by atoms with Crippen LogP contribution in [-0.2, 0) is 10.0 Å². The van der Waals surface area contributed by atoms with Gasteiger partial charge in [0.05, 0.1) is 4.90 Å². The molecular formula is C16H26N2O2S. The molecule has 1 heterocycles. The van der Waals surface area contributed by atoms with Gasteiger partial charge in [0.25, 0.3) is 0 Å². The lowest BCUT2D eigenvalue weighted by Gasteiger charge is -2.19. The molecule has 1 atom stereocenters. The summed E-state index contributed by atoms with van der Waals surface area (Å²) in [6.45, 7) is 12.2. The van der Waals surface area contributed by atoms with Crippen LogP contribution < -0.4 is 10.0 Å². The number of hydrogen-bond acceptors (Lipinski definition) is 3. The largest absolute Gasteiger partial charge is 0.316 e. The molecule has 1 fully saturated rings. The predicted octanol–water partition coefficient (Wildman–Crippen LogP) is 2.12. The Kier molecular flexibility index (Phi) is 4.76. The van der Waals surface area contributed by atoms with Crippen molar-refractivity contribution in [2.75, 3.05) is 19.6 Å². The molecule has 0 aliphatic carbocycles. The average molecular weight is 310 g/mol.